The zero-order valence-corrected chi connectivity index (χ0v) is 11.4. The maximum absolute atomic E-state index is 11.7. The van der Waals surface area contributed by atoms with Crippen molar-refractivity contribution in [1.82, 2.24) is 0 Å². The van der Waals surface area contributed by atoms with E-state index in [0.29, 0.717) is 12.2 Å². The van der Waals surface area contributed by atoms with E-state index in [1.807, 2.05) is 0 Å². The standard InChI is InChI=1S/C14H20O2S/c1-3-14(4-2)12(15)10-13(14)16-8-7-11-6-5-9-17-11/h5-6,9,13H,3-4,7-8,10H2,1-2H3. The zero-order chi connectivity index (χ0) is 12.3. The van der Waals surface area contributed by atoms with Crippen molar-refractivity contribution in [2.75, 3.05) is 6.61 Å². The van der Waals surface area contributed by atoms with Crippen LogP contribution in [0.2, 0.25) is 0 Å². The smallest absolute Gasteiger partial charge is 0.144 e. The van der Waals surface area contributed by atoms with Gasteiger partial charge in [-0.1, -0.05) is 19.9 Å². The lowest BCUT2D eigenvalue weighted by molar-refractivity contribution is -0.164. The molecular formula is C14H20O2S. The molecule has 1 aromatic heterocycles. The lowest BCUT2D eigenvalue weighted by Crippen LogP contribution is -2.54. The molecule has 1 fully saturated rings. The first-order valence-electron chi connectivity index (χ1n) is 6.40. The minimum absolute atomic E-state index is 0.157. The fourth-order valence-electron chi connectivity index (χ4n) is 2.69. The highest BCUT2D eigenvalue weighted by Crippen LogP contribution is 2.45. The highest BCUT2D eigenvalue weighted by atomic mass is 32.1. The zero-order valence-electron chi connectivity index (χ0n) is 10.6. The molecule has 0 bridgehead atoms. The summed E-state index contributed by atoms with van der Waals surface area (Å²) < 4.78 is 5.91. The normalized spacial score (nSPS) is 22.5. The van der Waals surface area contributed by atoms with Gasteiger partial charge < -0.3 is 4.74 Å². The van der Waals surface area contributed by atoms with E-state index in [9.17, 15) is 4.79 Å². The molecule has 2 nitrogen and oxygen atoms in total. The Morgan fingerprint density at radius 2 is 2.24 bits per heavy atom. The molecule has 0 saturated heterocycles. The topological polar surface area (TPSA) is 26.3 Å². The van der Waals surface area contributed by atoms with Crippen LogP contribution in [-0.2, 0) is 16.0 Å². The van der Waals surface area contributed by atoms with Gasteiger partial charge in [0, 0.05) is 17.7 Å². The third-order valence-electron chi connectivity index (χ3n) is 4.05. The summed E-state index contributed by atoms with van der Waals surface area (Å²) in [6, 6.07) is 4.20. The molecule has 0 N–H and O–H groups in total. The fraction of sp³-hybridized carbons (Fsp3) is 0.643. The van der Waals surface area contributed by atoms with Crippen LogP contribution in [0.1, 0.15) is 38.0 Å². The molecule has 0 aliphatic heterocycles. The second-order valence-electron chi connectivity index (χ2n) is 4.68. The molecule has 1 aliphatic carbocycles. The molecule has 2 rings (SSSR count). The van der Waals surface area contributed by atoms with E-state index in [0.717, 1.165) is 25.9 Å². The fourth-order valence-corrected chi connectivity index (χ4v) is 3.38. The van der Waals surface area contributed by atoms with Gasteiger partial charge in [-0.2, -0.15) is 0 Å². The van der Waals surface area contributed by atoms with E-state index in [1.165, 1.54) is 4.88 Å². The largest absolute Gasteiger partial charge is 0.376 e. The van der Waals surface area contributed by atoms with Crippen molar-refractivity contribution in [2.45, 2.75) is 45.6 Å². The van der Waals surface area contributed by atoms with Crippen LogP contribution in [-0.4, -0.2) is 18.5 Å². The predicted octanol–water partition coefficient (Wildman–Crippen LogP) is 3.46. The van der Waals surface area contributed by atoms with Gasteiger partial charge in [0.1, 0.15) is 5.78 Å². The molecule has 94 valence electrons. The molecule has 1 unspecified atom stereocenters. The van der Waals surface area contributed by atoms with E-state index in [4.69, 9.17) is 4.74 Å². The summed E-state index contributed by atoms with van der Waals surface area (Å²) in [7, 11) is 0. The van der Waals surface area contributed by atoms with Crippen molar-refractivity contribution < 1.29 is 9.53 Å². The molecule has 1 aromatic rings. The number of hydrogen-bond donors (Lipinski definition) is 0. The predicted molar refractivity (Wildman–Crippen MR) is 70.4 cm³/mol. The quantitative estimate of drug-likeness (QED) is 0.775. The number of carbonyl (C=O) groups is 1. The van der Waals surface area contributed by atoms with E-state index < -0.39 is 0 Å². The van der Waals surface area contributed by atoms with Gasteiger partial charge in [-0.05, 0) is 24.3 Å². The summed E-state index contributed by atoms with van der Waals surface area (Å²) in [6.45, 7) is 4.92. The van der Waals surface area contributed by atoms with Gasteiger partial charge >= 0.3 is 0 Å². The molecule has 0 spiro atoms. The van der Waals surface area contributed by atoms with Crippen LogP contribution in [0.3, 0.4) is 0 Å². The molecule has 1 saturated carbocycles. The van der Waals surface area contributed by atoms with Crippen molar-refractivity contribution in [3.8, 4) is 0 Å². The van der Waals surface area contributed by atoms with Crippen molar-refractivity contribution in [3.05, 3.63) is 22.4 Å². The summed E-state index contributed by atoms with van der Waals surface area (Å²) in [5, 5.41) is 2.09. The molecular weight excluding hydrogens is 232 g/mol. The van der Waals surface area contributed by atoms with Crippen LogP contribution in [0.5, 0.6) is 0 Å². The van der Waals surface area contributed by atoms with Crippen molar-refractivity contribution >= 4 is 17.1 Å². The molecule has 1 heterocycles. The maximum Gasteiger partial charge on any atom is 0.144 e. The number of hydrogen-bond acceptors (Lipinski definition) is 3. The Labute approximate surface area is 107 Å². The van der Waals surface area contributed by atoms with Crippen LogP contribution in [0.15, 0.2) is 17.5 Å². The molecule has 0 amide bonds. The van der Waals surface area contributed by atoms with E-state index >= 15 is 0 Å². The highest BCUT2D eigenvalue weighted by molar-refractivity contribution is 7.09. The van der Waals surface area contributed by atoms with Gasteiger partial charge in [-0.3, -0.25) is 4.79 Å². The van der Waals surface area contributed by atoms with Gasteiger partial charge in [0.25, 0.3) is 0 Å². The van der Waals surface area contributed by atoms with Gasteiger partial charge in [0.15, 0.2) is 0 Å². The van der Waals surface area contributed by atoms with Crippen LogP contribution < -0.4 is 0 Å². The Bertz CT molecular complexity index is 366. The van der Waals surface area contributed by atoms with Crippen LogP contribution in [0.25, 0.3) is 0 Å². The Hall–Kier alpha value is -0.670. The lowest BCUT2D eigenvalue weighted by Gasteiger charge is -2.46. The summed E-state index contributed by atoms with van der Waals surface area (Å²) in [5.74, 6) is 0.392. The number of carbonyl (C=O) groups excluding carboxylic acids is 1. The molecule has 1 aliphatic rings. The molecule has 17 heavy (non-hydrogen) atoms. The first kappa shape index (κ1) is 12.8. The average molecular weight is 252 g/mol. The van der Waals surface area contributed by atoms with E-state index in [-0.39, 0.29) is 11.5 Å². The third-order valence-corrected chi connectivity index (χ3v) is 4.99. The van der Waals surface area contributed by atoms with Crippen molar-refractivity contribution in [1.29, 1.82) is 0 Å². The highest BCUT2D eigenvalue weighted by Gasteiger charge is 2.52. The first-order valence-corrected chi connectivity index (χ1v) is 7.28. The Morgan fingerprint density at radius 1 is 1.47 bits per heavy atom. The molecule has 3 heteroatoms. The number of ether oxygens (including phenoxy) is 1. The maximum atomic E-state index is 11.7. The summed E-state index contributed by atoms with van der Waals surface area (Å²) in [6.07, 6.45) is 3.56. The van der Waals surface area contributed by atoms with Crippen LogP contribution in [0.4, 0.5) is 0 Å². The van der Waals surface area contributed by atoms with Crippen LogP contribution >= 0.6 is 11.3 Å². The van der Waals surface area contributed by atoms with Crippen molar-refractivity contribution in [3.63, 3.8) is 0 Å². The minimum Gasteiger partial charge on any atom is -0.376 e. The molecule has 0 aromatic carbocycles. The van der Waals surface area contributed by atoms with E-state index in [1.54, 1.807) is 11.3 Å². The second-order valence-corrected chi connectivity index (χ2v) is 5.71. The number of thiophene rings is 1. The number of rotatable bonds is 6. The Kier molecular flexibility index (Phi) is 4.00. The minimum atomic E-state index is -0.171. The average Bonchev–Trinajstić information content (AvgIpc) is 2.83. The Morgan fingerprint density at radius 3 is 2.76 bits per heavy atom. The lowest BCUT2D eigenvalue weighted by atomic mass is 9.61. The third kappa shape index (κ3) is 2.31. The van der Waals surface area contributed by atoms with Gasteiger partial charge in [-0.25, -0.2) is 0 Å². The molecule has 1 atom stereocenters. The van der Waals surface area contributed by atoms with Crippen LogP contribution in [0, 0.1) is 5.41 Å². The summed E-state index contributed by atoms with van der Waals surface area (Å²) >= 11 is 1.77. The number of Topliss-reactive ketones (excluding diaryl/α,β-unsaturated/α-hetero) is 1. The van der Waals surface area contributed by atoms with E-state index in [2.05, 4.69) is 31.4 Å². The van der Waals surface area contributed by atoms with Crippen molar-refractivity contribution in [2.24, 2.45) is 5.41 Å². The Balaban J connectivity index is 1.82. The molecule has 0 radical (unpaired) electrons. The van der Waals surface area contributed by atoms with Gasteiger partial charge in [-0.15, -0.1) is 11.3 Å². The SMILES string of the molecule is CCC1(CC)C(=O)CC1OCCc1cccs1. The number of ketones is 1. The monoisotopic (exact) mass is 252 g/mol. The second kappa shape index (κ2) is 5.32. The summed E-state index contributed by atoms with van der Waals surface area (Å²) in [4.78, 5) is 13.1. The summed E-state index contributed by atoms with van der Waals surface area (Å²) in [5.41, 5.74) is -0.171. The van der Waals surface area contributed by atoms with Gasteiger partial charge in [0.05, 0.1) is 18.1 Å². The van der Waals surface area contributed by atoms with Gasteiger partial charge in [0.2, 0.25) is 0 Å². The first-order chi connectivity index (χ1) is 8.23.